The number of rotatable bonds is 2. The monoisotopic (exact) mass is 222 g/mol. The summed E-state index contributed by atoms with van der Waals surface area (Å²) in [7, 11) is 0. The second kappa shape index (κ2) is 4.06. The highest BCUT2D eigenvalue weighted by Gasteiger charge is 2.07. The van der Waals surface area contributed by atoms with Gasteiger partial charge in [-0.2, -0.15) is 0 Å². The number of hydrogen-bond acceptors (Lipinski definition) is 1. The second-order valence-electron chi connectivity index (χ2n) is 4.31. The predicted octanol–water partition coefficient (Wildman–Crippen LogP) is 3.46. The van der Waals surface area contributed by atoms with E-state index in [0.29, 0.717) is 0 Å². The molecule has 0 spiro atoms. The third kappa shape index (κ3) is 1.82. The van der Waals surface area contributed by atoms with Crippen molar-refractivity contribution in [3.63, 3.8) is 0 Å². The minimum atomic E-state index is 0.957. The molecule has 84 valence electrons. The molecule has 2 aromatic heterocycles. The predicted molar refractivity (Wildman–Crippen MR) is 70.1 cm³/mol. The molecule has 2 nitrogen and oxygen atoms in total. The highest BCUT2D eigenvalue weighted by Crippen LogP contribution is 2.24. The number of para-hydroxylation sites is 1. The zero-order valence-corrected chi connectivity index (χ0v) is 9.77. The molecular weight excluding hydrogens is 208 g/mol. The highest BCUT2D eigenvalue weighted by atomic mass is 14.7. The van der Waals surface area contributed by atoms with Crippen LogP contribution in [0.5, 0.6) is 0 Å². The molecule has 2 heteroatoms. The summed E-state index contributed by atoms with van der Waals surface area (Å²) in [5.74, 6) is 0. The van der Waals surface area contributed by atoms with Gasteiger partial charge in [0.1, 0.15) is 0 Å². The van der Waals surface area contributed by atoms with Crippen LogP contribution in [0.15, 0.2) is 48.8 Å². The number of pyridine rings is 1. The molecule has 0 aliphatic carbocycles. The first-order chi connectivity index (χ1) is 8.34. The Morgan fingerprint density at radius 2 is 1.82 bits per heavy atom. The number of H-pyrrole nitrogens is 1. The lowest BCUT2D eigenvalue weighted by atomic mass is 10.0. The fourth-order valence-corrected chi connectivity index (χ4v) is 2.27. The van der Waals surface area contributed by atoms with Gasteiger partial charge in [-0.1, -0.05) is 18.2 Å². The summed E-state index contributed by atoms with van der Waals surface area (Å²) < 4.78 is 0. The lowest BCUT2D eigenvalue weighted by Crippen LogP contribution is -1.89. The van der Waals surface area contributed by atoms with Crippen LogP contribution in [-0.2, 0) is 6.42 Å². The molecule has 0 aliphatic rings. The molecule has 0 saturated carbocycles. The normalized spacial score (nSPS) is 10.9. The minimum Gasteiger partial charge on any atom is -0.358 e. The Kier molecular flexibility index (Phi) is 2.41. The maximum Gasteiger partial charge on any atom is 0.0458 e. The first-order valence-corrected chi connectivity index (χ1v) is 5.79. The van der Waals surface area contributed by atoms with E-state index >= 15 is 0 Å². The number of benzene rings is 1. The summed E-state index contributed by atoms with van der Waals surface area (Å²) in [6, 6.07) is 12.6. The average molecular weight is 222 g/mol. The second-order valence-corrected chi connectivity index (χ2v) is 4.31. The molecule has 0 radical (unpaired) electrons. The average Bonchev–Trinajstić information content (AvgIpc) is 2.68. The number of nitrogens with one attached hydrogen (secondary N) is 1. The molecule has 3 rings (SSSR count). The summed E-state index contributed by atoms with van der Waals surface area (Å²) in [5.41, 5.74) is 5.15. The number of aryl methyl sites for hydroxylation is 1. The van der Waals surface area contributed by atoms with E-state index in [1.54, 1.807) is 0 Å². The van der Waals surface area contributed by atoms with Gasteiger partial charge in [-0.05, 0) is 42.7 Å². The first-order valence-electron chi connectivity index (χ1n) is 5.79. The van der Waals surface area contributed by atoms with Gasteiger partial charge in [-0.15, -0.1) is 0 Å². The van der Waals surface area contributed by atoms with Gasteiger partial charge in [-0.3, -0.25) is 4.98 Å². The minimum absolute atomic E-state index is 0.957. The Morgan fingerprint density at radius 1 is 1.06 bits per heavy atom. The molecule has 1 aromatic carbocycles. The van der Waals surface area contributed by atoms with E-state index in [0.717, 1.165) is 6.42 Å². The summed E-state index contributed by atoms with van der Waals surface area (Å²) in [6.07, 6.45) is 4.65. The zero-order valence-electron chi connectivity index (χ0n) is 9.77. The van der Waals surface area contributed by atoms with E-state index in [2.05, 4.69) is 53.3 Å². The molecule has 0 aliphatic heterocycles. The molecule has 2 heterocycles. The number of hydrogen-bond donors (Lipinski definition) is 1. The Balaban J connectivity index is 2.08. The van der Waals surface area contributed by atoms with Crippen molar-refractivity contribution in [1.29, 1.82) is 0 Å². The molecule has 0 saturated heterocycles. The van der Waals surface area contributed by atoms with Crippen LogP contribution < -0.4 is 0 Å². The fourth-order valence-electron chi connectivity index (χ4n) is 2.27. The Morgan fingerprint density at radius 3 is 2.65 bits per heavy atom. The van der Waals surface area contributed by atoms with Crippen molar-refractivity contribution in [2.24, 2.45) is 0 Å². The Labute approximate surface area is 100 Å². The number of nitrogens with zero attached hydrogens (tertiary/aromatic N) is 1. The van der Waals surface area contributed by atoms with Crippen LogP contribution in [0.25, 0.3) is 10.9 Å². The van der Waals surface area contributed by atoms with Gasteiger partial charge in [0, 0.05) is 29.0 Å². The van der Waals surface area contributed by atoms with Crippen LogP contribution in [-0.4, -0.2) is 9.97 Å². The van der Waals surface area contributed by atoms with Gasteiger partial charge >= 0.3 is 0 Å². The SMILES string of the molecule is Cc1[nH]c2ccccc2c1Cc1ccncc1. The van der Waals surface area contributed by atoms with E-state index in [4.69, 9.17) is 0 Å². The lowest BCUT2D eigenvalue weighted by Gasteiger charge is -2.01. The molecule has 0 unspecified atom stereocenters. The van der Waals surface area contributed by atoms with Gasteiger partial charge in [0.2, 0.25) is 0 Å². The van der Waals surface area contributed by atoms with Crippen molar-refractivity contribution in [2.75, 3.05) is 0 Å². The zero-order chi connectivity index (χ0) is 11.7. The van der Waals surface area contributed by atoms with Crippen LogP contribution in [0.2, 0.25) is 0 Å². The van der Waals surface area contributed by atoms with Crippen LogP contribution in [0.1, 0.15) is 16.8 Å². The molecule has 17 heavy (non-hydrogen) atoms. The van der Waals surface area contributed by atoms with E-state index < -0.39 is 0 Å². The third-order valence-electron chi connectivity index (χ3n) is 3.16. The van der Waals surface area contributed by atoms with Crippen molar-refractivity contribution >= 4 is 10.9 Å². The van der Waals surface area contributed by atoms with Gasteiger partial charge in [-0.25, -0.2) is 0 Å². The van der Waals surface area contributed by atoms with E-state index in [1.807, 2.05) is 12.4 Å². The fraction of sp³-hybridized carbons (Fsp3) is 0.133. The third-order valence-corrected chi connectivity index (χ3v) is 3.16. The van der Waals surface area contributed by atoms with Crippen molar-refractivity contribution in [3.05, 3.63) is 65.6 Å². The van der Waals surface area contributed by atoms with Gasteiger partial charge < -0.3 is 4.98 Å². The standard InChI is InChI=1S/C15H14N2/c1-11-14(10-12-6-8-16-9-7-12)13-4-2-3-5-15(13)17-11/h2-9,17H,10H2,1H3. The van der Waals surface area contributed by atoms with Gasteiger partial charge in [0.05, 0.1) is 0 Å². The molecule has 0 amide bonds. The van der Waals surface area contributed by atoms with Gasteiger partial charge in [0.15, 0.2) is 0 Å². The number of aromatic nitrogens is 2. The molecule has 1 N–H and O–H groups in total. The van der Waals surface area contributed by atoms with Crippen LogP contribution in [0.3, 0.4) is 0 Å². The summed E-state index contributed by atoms with van der Waals surface area (Å²) in [4.78, 5) is 7.48. The molecule has 3 aromatic rings. The molecule has 0 fully saturated rings. The summed E-state index contributed by atoms with van der Waals surface area (Å²) in [6.45, 7) is 2.14. The number of fused-ring (bicyclic) bond motifs is 1. The van der Waals surface area contributed by atoms with E-state index in [-0.39, 0.29) is 0 Å². The Bertz CT molecular complexity index is 638. The first kappa shape index (κ1) is 10.1. The molecular formula is C15H14N2. The smallest absolute Gasteiger partial charge is 0.0458 e. The largest absolute Gasteiger partial charge is 0.358 e. The van der Waals surface area contributed by atoms with Crippen LogP contribution >= 0.6 is 0 Å². The topological polar surface area (TPSA) is 28.7 Å². The maximum atomic E-state index is 4.05. The quantitative estimate of drug-likeness (QED) is 0.706. The van der Waals surface area contributed by atoms with Crippen LogP contribution in [0.4, 0.5) is 0 Å². The van der Waals surface area contributed by atoms with Crippen LogP contribution in [0, 0.1) is 6.92 Å². The van der Waals surface area contributed by atoms with E-state index in [9.17, 15) is 0 Å². The van der Waals surface area contributed by atoms with Crippen molar-refractivity contribution in [2.45, 2.75) is 13.3 Å². The maximum absolute atomic E-state index is 4.05. The summed E-state index contributed by atoms with van der Waals surface area (Å²) >= 11 is 0. The van der Waals surface area contributed by atoms with E-state index in [1.165, 1.54) is 27.7 Å². The number of aromatic amines is 1. The Hall–Kier alpha value is -2.09. The van der Waals surface area contributed by atoms with Gasteiger partial charge in [0.25, 0.3) is 0 Å². The van der Waals surface area contributed by atoms with Crippen molar-refractivity contribution in [1.82, 2.24) is 9.97 Å². The van der Waals surface area contributed by atoms with Crippen molar-refractivity contribution < 1.29 is 0 Å². The van der Waals surface area contributed by atoms with Crippen molar-refractivity contribution in [3.8, 4) is 0 Å². The lowest BCUT2D eigenvalue weighted by molar-refractivity contribution is 1.13. The summed E-state index contributed by atoms with van der Waals surface area (Å²) in [5, 5.41) is 1.32. The highest BCUT2D eigenvalue weighted by molar-refractivity contribution is 5.84. The molecule has 0 atom stereocenters. The molecule has 0 bridgehead atoms.